The average Bonchev–Trinajstić information content (AvgIpc) is 2.59. The van der Waals surface area contributed by atoms with Gasteiger partial charge in [-0.1, -0.05) is 48.0 Å². The Balaban J connectivity index is 2.78. The van der Waals surface area contributed by atoms with Crippen molar-refractivity contribution in [2.75, 3.05) is 19.7 Å². The molecule has 0 unspecified atom stereocenters. The third-order valence-electron chi connectivity index (χ3n) is 7.77. The van der Waals surface area contributed by atoms with Crippen molar-refractivity contribution in [2.24, 2.45) is 0 Å². The van der Waals surface area contributed by atoms with Crippen molar-refractivity contribution >= 4 is 22.9 Å². The third-order valence-corrected chi connectivity index (χ3v) is 16.8. The Morgan fingerprint density at radius 1 is 0.933 bits per heavy atom. The van der Waals surface area contributed by atoms with E-state index >= 15 is 0 Å². The monoisotopic (exact) mass is 457 g/mol. The second-order valence-electron chi connectivity index (χ2n) is 12.3. The number of carbonyl (C=O) groups excluding carboxylic acids is 1. The number of hydrogen-bond donors (Lipinski definition) is 0. The lowest BCUT2D eigenvalue weighted by Gasteiger charge is -2.46. The minimum absolute atomic E-state index is 0.234. The predicted molar refractivity (Wildman–Crippen MR) is 134 cm³/mol. The molecule has 0 aromatic heterocycles. The second kappa shape index (κ2) is 11.2. The fourth-order valence-electron chi connectivity index (χ4n) is 3.47. The minimum atomic E-state index is -1.76. The van der Waals surface area contributed by atoms with E-state index < -0.39 is 16.6 Å². The maximum atomic E-state index is 10.6. The molecule has 4 nitrogen and oxygen atoms in total. The van der Waals surface area contributed by atoms with Gasteiger partial charge in [-0.15, -0.1) is 0 Å². The number of nitrogens with zero attached hydrogens (tertiary/aromatic N) is 1. The van der Waals surface area contributed by atoms with Gasteiger partial charge in [-0.3, -0.25) is 4.90 Å². The topological polar surface area (TPSA) is 38.8 Å². The Hall–Kier alpha value is -0.0162. The van der Waals surface area contributed by atoms with Crippen molar-refractivity contribution in [3.8, 4) is 0 Å². The first kappa shape index (κ1) is 28.0. The number of carbonyl (C=O) groups is 1. The molecule has 1 saturated heterocycles. The summed E-state index contributed by atoms with van der Waals surface area (Å²) in [5.41, 5.74) is 0. The lowest BCUT2D eigenvalue weighted by molar-refractivity contribution is -0.107. The lowest BCUT2D eigenvalue weighted by atomic mass is 9.99. The number of rotatable bonds is 11. The summed E-state index contributed by atoms with van der Waals surface area (Å²) in [4.78, 5) is 13.2. The van der Waals surface area contributed by atoms with Crippen molar-refractivity contribution in [1.29, 1.82) is 0 Å². The summed E-state index contributed by atoms with van der Waals surface area (Å²) in [6, 6.07) is 0.439. The van der Waals surface area contributed by atoms with Gasteiger partial charge in [0, 0.05) is 31.7 Å². The molecular weight excluding hydrogens is 406 g/mol. The number of unbranched alkanes of at least 4 members (excludes halogenated alkanes) is 3. The van der Waals surface area contributed by atoms with Gasteiger partial charge >= 0.3 is 0 Å². The van der Waals surface area contributed by atoms with Gasteiger partial charge in [0.15, 0.2) is 16.6 Å². The van der Waals surface area contributed by atoms with E-state index in [9.17, 15) is 4.79 Å². The van der Waals surface area contributed by atoms with Crippen LogP contribution < -0.4 is 0 Å². The fourth-order valence-corrected chi connectivity index (χ4v) is 5.91. The summed E-state index contributed by atoms with van der Waals surface area (Å²) < 4.78 is 13.5. The molecule has 0 bridgehead atoms. The zero-order valence-corrected chi connectivity index (χ0v) is 23.8. The van der Waals surface area contributed by atoms with Crippen LogP contribution in [-0.4, -0.2) is 59.7 Å². The number of aldehydes is 1. The molecule has 0 aromatic rings. The Morgan fingerprint density at radius 3 is 2.07 bits per heavy atom. The maximum Gasteiger partial charge on any atom is 0.192 e. The summed E-state index contributed by atoms with van der Waals surface area (Å²) in [5.74, 6) is 0. The Kier molecular flexibility index (Phi) is 10.5. The molecule has 0 aromatic carbocycles. The summed E-state index contributed by atoms with van der Waals surface area (Å²) in [6.07, 6.45) is 7.60. The van der Waals surface area contributed by atoms with E-state index in [1.165, 1.54) is 0 Å². The van der Waals surface area contributed by atoms with Gasteiger partial charge in [-0.05, 0) is 68.5 Å². The molecule has 0 aliphatic carbocycles. The summed E-state index contributed by atoms with van der Waals surface area (Å²) in [5, 5.41) is 0.480. The summed E-state index contributed by atoms with van der Waals surface area (Å²) >= 11 is 0. The van der Waals surface area contributed by atoms with Crippen LogP contribution in [-0.2, 0) is 13.6 Å². The van der Waals surface area contributed by atoms with Crippen LogP contribution in [0.2, 0.25) is 36.3 Å². The van der Waals surface area contributed by atoms with Crippen molar-refractivity contribution in [3.63, 3.8) is 0 Å². The molecule has 0 N–H and O–H groups in total. The van der Waals surface area contributed by atoms with E-state index in [0.29, 0.717) is 18.6 Å². The van der Waals surface area contributed by atoms with E-state index in [2.05, 4.69) is 72.6 Å². The first-order valence-electron chi connectivity index (χ1n) is 12.1. The summed E-state index contributed by atoms with van der Waals surface area (Å²) in [7, 11) is -3.52. The smallest absolute Gasteiger partial charge is 0.192 e. The van der Waals surface area contributed by atoms with E-state index in [1.807, 2.05) is 0 Å². The van der Waals surface area contributed by atoms with Gasteiger partial charge < -0.3 is 13.6 Å². The van der Waals surface area contributed by atoms with Gasteiger partial charge in [0.2, 0.25) is 0 Å². The molecule has 2 atom stereocenters. The maximum absolute atomic E-state index is 10.6. The highest BCUT2D eigenvalue weighted by Crippen LogP contribution is 2.40. The predicted octanol–water partition coefficient (Wildman–Crippen LogP) is 6.62. The molecule has 1 aliphatic heterocycles. The standard InChI is InChI=1S/C24H51NO3Si2/c1-23(2,3)29(7,8)27-20-21-19-22(28-30(9,10)24(4,5)6)15-17-25(21)16-13-11-12-14-18-26/h18,21-22H,11-17,19-20H2,1-10H3/t21-,22+/m0/s1. The minimum Gasteiger partial charge on any atom is -0.415 e. The molecule has 178 valence electrons. The molecule has 1 rings (SSSR count). The molecular formula is C24H51NO3Si2. The van der Waals surface area contributed by atoms with Gasteiger partial charge in [0.05, 0.1) is 0 Å². The Morgan fingerprint density at radius 2 is 1.53 bits per heavy atom. The van der Waals surface area contributed by atoms with Crippen molar-refractivity contribution in [2.45, 2.75) is 128 Å². The van der Waals surface area contributed by atoms with Crippen LogP contribution >= 0.6 is 0 Å². The van der Waals surface area contributed by atoms with Crippen LogP contribution in [0.1, 0.15) is 80.1 Å². The molecule has 30 heavy (non-hydrogen) atoms. The zero-order chi connectivity index (χ0) is 23.2. The Labute approximate surface area is 189 Å². The van der Waals surface area contributed by atoms with Crippen LogP contribution in [0.5, 0.6) is 0 Å². The van der Waals surface area contributed by atoms with Crippen LogP contribution in [0.25, 0.3) is 0 Å². The van der Waals surface area contributed by atoms with E-state index in [0.717, 1.165) is 58.1 Å². The van der Waals surface area contributed by atoms with E-state index in [1.54, 1.807) is 0 Å². The molecule has 1 heterocycles. The Bertz CT molecular complexity index is 524. The van der Waals surface area contributed by atoms with Gasteiger partial charge in [-0.25, -0.2) is 0 Å². The normalized spacial score (nSPS) is 22.3. The highest BCUT2D eigenvalue weighted by atomic mass is 28.4. The molecule has 1 aliphatic rings. The zero-order valence-electron chi connectivity index (χ0n) is 21.8. The highest BCUT2D eigenvalue weighted by Gasteiger charge is 2.42. The number of likely N-dealkylation sites (tertiary alicyclic amines) is 1. The third kappa shape index (κ3) is 8.49. The first-order valence-corrected chi connectivity index (χ1v) is 17.9. The quantitative estimate of drug-likeness (QED) is 0.198. The number of piperidine rings is 1. The average molecular weight is 458 g/mol. The lowest BCUT2D eigenvalue weighted by Crippen LogP contribution is -2.53. The SMILES string of the molecule is CC(C)(C)[Si](C)(C)OC[C@@H]1C[C@H](O[Si](C)(C)C(C)(C)C)CCN1CCCCCC=O. The molecule has 0 saturated carbocycles. The van der Waals surface area contributed by atoms with Gasteiger partial charge in [-0.2, -0.15) is 0 Å². The molecule has 0 amide bonds. The summed E-state index contributed by atoms with van der Waals surface area (Å²) in [6.45, 7) is 26.4. The largest absolute Gasteiger partial charge is 0.415 e. The fraction of sp³-hybridized carbons (Fsp3) is 0.958. The molecule has 6 heteroatoms. The van der Waals surface area contributed by atoms with Gasteiger partial charge in [0.1, 0.15) is 6.29 Å². The van der Waals surface area contributed by atoms with Crippen molar-refractivity contribution in [3.05, 3.63) is 0 Å². The van der Waals surface area contributed by atoms with Gasteiger partial charge in [0.25, 0.3) is 0 Å². The van der Waals surface area contributed by atoms with Crippen LogP contribution in [0.4, 0.5) is 0 Å². The van der Waals surface area contributed by atoms with Crippen LogP contribution in [0.15, 0.2) is 0 Å². The van der Waals surface area contributed by atoms with Crippen molar-refractivity contribution in [1.82, 2.24) is 4.90 Å². The van der Waals surface area contributed by atoms with Crippen LogP contribution in [0, 0.1) is 0 Å². The number of hydrogen-bond acceptors (Lipinski definition) is 4. The molecule has 0 radical (unpaired) electrons. The van der Waals surface area contributed by atoms with Crippen molar-refractivity contribution < 1.29 is 13.6 Å². The van der Waals surface area contributed by atoms with E-state index in [4.69, 9.17) is 8.85 Å². The molecule has 1 fully saturated rings. The van der Waals surface area contributed by atoms with E-state index in [-0.39, 0.29) is 10.1 Å². The van der Waals surface area contributed by atoms with Crippen LogP contribution in [0.3, 0.4) is 0 Å². The first-order chi connectivity index (χ1) is 13.6. The molecule has 0 spiro atoms. The highest BCUT2D eigenvalue weighted by molar-refractivity contribution is 6.74. The second-order valence-corrected chi connectivity index (χ2v) is 21.9.